The van der Waals surface area contributed by atoms with E-state index in [-0.39, 0.29) is 11.0 Å². The van der Waals surface area contributed by atoms with Crippen molar-refractivity contribution in [3.63, 3.8) is 0 Å². The summed E-state index contributed by atoms with van der Waals surface area (Å²) in [4.78, 5) is 1.22. The highest BCUT2D eigenvalue weighted by Gasteiger charge is 2.19. The van der Waals surface area contributed by atoms with E-state index < -0.39 is 9.84 Å². The second-order valence-electron chi connectivity index (χ2n) is 4.23. The number of hydrogen-bond donors (Lipinski definition) is 1. The first-order valence-corrected chi connectivity index (χ1v) is 8.59. The van der Waals surface area contributed by atoms with Crippen LogP contribution in [0, 0.1) is 0 Å². The largest absolute Gasteiger partial charge is 0.385 e. The molecule has 0 aromatic carbocycles. The fourth-order valence-electron chi connectivity index (χ4n) is 1.54. The molecule has 1 rings (SSSR count). The van der Waals surface area contributed by atoms with E-state index in [0.717, 1.165) is 6.54 Å². The Morgan fingerprint density at radius 1 is 1.50 bits per heavy atom. The molecule has 0 fully saturated rings. The molecule has 0 amide bonds. The van der Waals surface area contributed by atoms with Gasteiger partial charge in [0.25, 0.3) is 0 Å². The maximum Gasteiger partial charge on any atom is 0.154 e. The van der Waals surface area contributed by atoms with Gasteiger partial charge in [-0.3, -0.25) is 0 Å². The van der Waals surface area contributed by atoms with Gasteiger partial charge < -0.3 is 10.1 Å². The van der Waals surface area contributed by atoms with Crippen LogP contribution in [-0.2, 0) is 21.1 Å². The quantitative estimate of drug-likeness (QED) is 0.703. The zero-order valence-corrected chi connectivity index (χ0v) is 12.5. The van der Waals surface area contributed by atoms with Gasteiger partial charge in [0.15, 0.2) is 9.84 Å². The molecule has 0 radical (unpaired) electrons. The highest BCUT2D eigenvalue weighted by atomic mass is 32.2. The second-order valence-corrected chi connectivity index (χ2v) is 7.81. The molecule has 1 aromatic heterocycles. The molecule has 1 heterocycles. The van der Waals surface area contributed by atoms with E-state index >= 15 is 0 Å². The summed E-state index contributed by atoms with van der Waals surface area (Å²) in [7, 11) is -1.43. The monoisotopic (exact) mass is 291 g/mol. The van der Waals surface area contributed by atoms with Crippen LogP contribution in [-0.4, -0.2) is 39.7 Å². The summed E-state index contributed by atoms with van der Waals surface area (Å²) < 4.78 is 28.7. The Morgan fingerprint density at radius 2 is 2.28 bits per heavy atom. The Bertz CT molecular complexity index is 415. The molecule has 0 saturated heterocycles. The highest BCUT2D eigenvalue weighted by molar-refractivity contribution is 7.92. The lowest BCUT2D eigenvalue weighted by Gasteiger charge is -2.13. The van der Waals surface area contributed by atoms with E-state index in [2.05, 4.69) is 5.32 Å². The highest BCUT2D eigenvalue weighted by Crippen LogP contribution is 2.08. The van der Waals surface area contributed by atoms with E-state index in [9.17, 15) is 8.42 Å². The van der Waals surface area contributed by atoms with Crippen molar-refractivity contribution < 1.29 is 13.2 Å². The third kappa shape index (κ3) is 5.48. The van der Waals surface area contributed by atoms with Crippen molar-refractivity contribution in [1.82, 2.24) is 5.32 Å². The van der Waals surface area contributed by atoms with Gasteiger partial charge in [0, 0.05) is 31.7 Å². The van der Waals surface area contributed by atoms with Crippen molar-refractivity contribution in [2.75, 3.05) is 26.0 Å². The van der Waals surface area contributed by atoms with Crippen molar-refractivity contribution >= 4 is 21.2 Å². The minimum atomic E-state index is -3.01. The summed E-state index contributed by atoms with van der Waals surface area (Å²) >= 11 is 1.67. The minimum absolute atomic E-state index is 0.197. The van der Waals surface area contributed by atoms with Crippen molar-refractivity contribution in [3.8, 4) is 0 Å². The van der Waals surface area contributed by atoms with Crippen molar-refractivity contribution in [3.05, 3.63) is 22.4 Å². The lowest BCUT2D eigenvalue weighted by atomic mass is 10.4. The lowest BCUT2D eigenvalue weighted by Crippen LogP contribution is -2.32. The summed E-state index contributed by atoms with van der Waals surface area (Å²) in [6.45, 7) is 3.47. The first kappa shape index (κ1) is 15.6. The Balaban J connectivity index is 2.28. The Hall–Kier alpha value is -0.430. The number of hydrogen-bond acceptors (Lipinski definition) is 5. The van der Waals surface area contributed by atoms with Gasteiger partial charge in [-0.1, -0.05) is 6.07 Å². The molecular weight excluding hydrogens is 270 g/mol. The zero-order valence-electron chi connectivity index (χ0n) is 10.9. The Labute approximate surface area is 113 Å². The summed E-state index contributed by atoms with van der Waals surface area (Å²) in [5, 5.41) is 4.85. The van der Waals surface area contributed by atoms with Crippen LogP contribution < -0.4 is 5.32 Å². The fourth-order valence-corrected chi connectivity index (χ4v) is 3.51. The standard InChI is InChI=1S/C12H21NO3S2/c1-11(18(14,15)8-4-6-16-2)9-13-10-12-5-3-7-17-12/h3,5,7,11,13H,4,6,8-10H2,1-2H3. The fraction of sp³-hybridized carbons (Fsp3) is 0.667. The third-order valence-corrected chi connectivity index (χ3v) is 5.83. The number of ether oxygens (including phenoxy) is 1. The number of methoxy groups -OCH3 is 1. The maximum absolute atomic E-state index is 11.9. The molecule has 6 heteroatoms. The van der Waals surface area contributed by atoms with Gasteiger partial charge in [-0.2, -0.15) is 0 Å². The number of thiophene rings is 1. The van der Waals surface area contributed by atoms with Crippen molar-refractivity contribution in [2.24, 2.45) is 0 Å². The van der Waals surface area contributed by atoms with Crippen LogP contribution in [0.25, 0.3) is 0 Å². The maximum atomic E-state index is 11.9. The summed E-state index contributed by atoms with van der Waals surface area (Å²) in [6.07, 6.45) is 0.564. The average molecular weight is 291 g/mol. The third-order valence-electron chi connectivity index (χ3n) is 2.70. The smallest absolute Gasteiger partial charge is 0.154 e. The predicted molar refractivity (Wildman–Crippen MR) is 75.8 cm³/mol. The van der Waals surface area contributed by atoms with E-state index in [1.807, 2.05) is 17.5 Å². The topological polar surface area (TPSA) is 55.4 Å². The molecule has 18 heavy (non-hydrogen) atoms. The number of nitrogens with one attached hydrogen (secondary N) is 1. The molecule has 1 unspecified atom stereocenters. The Kier molecular flexibility index (Phi) is 6.85. The number of rotatable bonds is 9. The zero-order chi connectivity index (χ0) is 13.4. The van der Waals surface area contributed by atoms with Crippen LogP contribution >= 0.6 is 11.3 Å². The number of sulfone groups is 1. The molecule has 4 nitrogen and oxygen atoms in total. The molecule has 104 valence electrons. The molecule has 0 saturated carbocycles. The molecule has 0 aliphatic rings. The van der Waals surface area contributed by atoms with E-state index in [1.54, 1.807) is 25.4 Å². The van der Waals surface area contributed by atoms with Crippen molar-refractivity contribution in [1.29, 1.82) is 0 Å². The molecule has 0 bridgehead atoms. The molecule has 1 N–H and O–H groups in total. The van der Waals surface area contributed by atoms with Gasteiger partial charge in [-0.15, -0.1) is 11.3 Å². The summed E-state index contributed by atoms with van der Waals surface area (Å²) in [5.74, 6) is 0.197. The van der Waals surface area contributed by atoms with Crippen LogP contribution in [0.4, 0.5) is 0 Å². The van der Waals surface area contributed by atoms with Gasteiger partial charge in [0.1, 0.15) is 0 Å². The Morgan fingerprint density at radius 3 is 2.89 bits per heavy atom. The van der Waals surface area contributed by atoms with Crippen molar-refractivity contribution in [2.45, 2.75) is 25.1 Å². The lowest BCUT2D eigenvalue weighted by molar-refractivity contribution is 0.199. The van der Waals surface area contributed by atoms with Gasteiger partial charge in [0.05, 0.1) is 11.0 Å². The normalized spacial score (nSPS) is 13.7. The molecule has 1 aromatic rings. The van der Waals surface area contributed by atoms with Crippen LogP contribution in [0.5, 0.6) is 0 Å². The van der Waals surface area contributed by atoms with Gasteiger partial charge in [-0.05, 0) is 24.8 Å². The molecule has 0 aliphatic heterocycles. The molecular formula is C12H21NO3S2. The van der Waals surface area contributed by atoms with Gasteiger partial charge in [0.2, 0.25) is 0 Å². The first-order chi connectivity index (χ1) is 8.56. The first-order valence-electron chi connectivity index (χ1n) is 6.00. The van der Waals surface area contributed by atoms with Crippen LogP contribution in [0.1, 0.15) is 18.2 Å². The molecule has 0 aliphatic carbocycles. The minimum Gasteiger partial charge on any atom is -0.385 e. The van der Waals surface area contributed by atoms with Gasteiger partial charge in [-0.25, -0.2) is 8.42 Å². The van der Waals surface area contributed by atoms with E-state index in [4.69, 9.17) is 4.74 Å². The van der Waals surface area contributed by atoms with E-state index in [0.29, 0.717) is 19.6 Å². The van der Waals surface area contributed by atoms with Crippen LogP contribution in [0.2, 0.25) is 0 Å². The summed E-state index contributed by atoms with van der Waals surface area (Å²) in [6, 6.07) is 4.03. The van der Waals surface area contributed by atoms with Gasteiger partial charge >= 0.3 is 0 Å². The predicted octanol–water partition coefficient (Wildman–Crippen LogP) is 1.68. The van der Waals surface area contributed by atoms with Crippen LogP contribution in [0.15, 0.2) is 17.5 Å². The average Bonchev–Trinajstić information content (AvgIpc) is 2.82. The van der Waals surface area contributed by atoms with Crippen LogP contribution in [0.3, 0.4) is 0 Å². The molecule has 0 spiro atoms. The molecule has 1 atom stereocenters. The van der Waals surface area contributed by atoms with E-state index in [1.165, 1.54) is 4.88 Å². The SMILES string of the molecule is COCCCS(=O)(=O)C(C)CNCc1cccs1. The summed E-state index contributed by atoms with van der Waals surface area (Å²) in [5.41, 5.74) is 0. The second kappa shape index (κ2) is 7.89.